The average molecular weight is 258 g/mol. The van der Waals surface area contributed by atoms with Gasteiger partial charge >= 0.3 is 0 Å². The number of nitrogens with two attached hydrogens (primary N) is 1. The van der Waals surface area contributed by atoms with Crippen LogP contribution in [-0.2, 0) is 5.41 Å². The van der Waals surface area contributed by atoms with Gasteiger partial charge in [-0.2, -0.15) is 0 Å². The standard InChI is InChI=1S/C17H26N2/c18-13-17(9-1-2-10-17)16-5-3-14(4-6-16)15-7-11-19-12-8-15/h3-6,15,19H,1-2,7-13,18H2. The van der Waals surface area contributed by atoms with E-state index in [1.54, 1.807) is 0 Å². The number of nitrogens with one attached hydrogen (secondary N) is 1. The van der Waals surface area contributed by atoms with Crippen LogP contribution in [0.5, 0.6) is 0 Å². The summed E-state index contributed by atoms with van der Waals surface area (Å²) in [4.78, 5) is 0. The van der Waals surface area contributed by atoms with E-state index in [9.17, 15) is 0 Å². The van der Waals surface area contributed by atoms with E-state index < -0.39 is 0 Å². The summed E-state index contributed by atoms with van der Waals surface area (Å²) in [6, 6.07) is 9.44. The van der Waals surface area contributed by atoms with Crippen LogP contribution in [0.25, 0.3) is 0 Å². The summed E-state index contributed by atoms with van der Waals surface area (Å²) in [6.45, 7) is 3.14. The van der Waals surface area contributed by atoms with E-state index in [0.717, 1.165) is 12.5 Å². The molecule has 1 aromatic carbocycles. The summed E-state index contributed by atoms with van der Waals surface area (Å²) in [7, 11) is 0. The van der Waals surface area contributed by atoms with E-state index >= 15 is 0 Å². The lowest BCUT2D eigenvalue weighted by atomic mass is 9.78. The Balaban J connectivity index is 1.78. The molecule has 0 unspecified atom stereocenters. The minimum Gasteiger partial charge on any atom is -0.330 e. The van der Waals surface area contributed by atoms with Crippen molar-refractivity contribution in [2.45, 2.75) is 49.9 Å². The second-order valence-electron chi connectivity index (χ2n) is 6.34. The van der Waals surface area contributed by atoms with Gasteiger partial charge in [-0.05, 0) is 55.8 Å². The molecule has 0 amide bonds. The van der Waals surface area contributed by atoms with Crippen molar-refractivity contribution in [2.24, 2.45) is 5.73 Å². The summed E-state index contributed by atoms with van der Waals surface area (Å²) in [5.41, 5.74) is 9.36. The van der Waals surface area contributed by atoms with Crippen LogP contribution in [-0.4, -0.2) is 19.6 Å². The van der Waals surface area contributed by atoms with Gasteiger partial charge in [0.15, 0.2) is 0 Å². The highest BCUT2D eigenvalue weighted by molar-refractivity contribution is 5.32. The van der Waals surface area contributed by atoms with Crippen LogP contribution in [0.2, 0.25) is 0 Å². The van der Waals surface area contributed by atoms with Crippen LogP contribution in [0.3, 0.4) is 0 Å². The van der Waals surface area contributed by atoms with Gasteiger partial charge in [-0.15, -0.1) is 0 Å². The zero-order valence-corrected chi connectivity index (χ0v) is 11.8. The van der Waals surface area contributed by atoms with Crippen molar-refractivity contribution in [1.82, 2.24) is 5.32 Å². The molecule has 2 aliphatic rings. The van der Waals surface area contributed by atoms with Crippen molar-refractivity contribution < 1.29 is 0 Å². The van der Waals surface area contributed by atoms with Crippen molar-refractivity contribution in [3.8, 4) is 0 Å². The first-order valence-electron chi connectivity index (χ1n) is 7.85. The highest BCUT2D eigenvalue weighted by Crippen LogP contribution is 2.40. The largest absolute Gasteiger partial charge is 0.330 e. The Bertz CT molecular complexity index is 398. The molecule has 1 aliphatic heterocycles. The maximum absolute atomic E-state index is 6.07. The molecule has 3 rings (SSSR count). The molecule has 0 aromatic heterocycles. The molecular formula is C17H26N2. The Morgan fingerprint density at radius 1 is 1.05 bits per heavy atom. The second kappa shape index (κ2) is 5.64. The quantitative estimate of drug-likeness (QED) is 0.875. The lowest BCUT2D eigenvalue weighted by Gasteiger charge is -2.29. The Kier molecular flexibility index (Phi) is 3.90. The Labute approximate surface area is 116 Å². The fourth-order valence-electron chi connectivity index (χ4n) is 3.93. The SMILES string of the molecule is NCC1(c2ccc(C3CCNCC3)cc2)CCCC1. The number of hydrogen-bond donors (Lipinski definition) is 2. The van der Waals surface area contributed by atoms with Gasteiger partial charge in [0.25, 0.3) is 0 Å². The van der Waals surface area contributed by atoms with Crippen LogP contribution in [0.15, 0.2) is 24.3 Å². The number of benzene rings is 1. The maximum Gasteiger partial charge on any atom is 0.00755 e. The molecule has 2 fully saturated rings. The van der Waals surface area contributed by atoms with Crippen molar-refractivity contribution in [3.05, 3.63) is 35.4 Å². The summed E-state index contributed by atoms with van der Waals surface area (Å²) >= 11 is 0. The first-order chi connectivity index (χ1) is 9.34. The molecule has 104 valence electrons. The van der Waals surface area contributed by atoms with Crippen LogP contribution in [0.1, 0.15) is 55.6 Å². The highest BCUT2D eigenvalue weighted by Gasteiger charge is 2.34. The molecule has 1 heterocycles. The first kappa shape index (κ1) is 13.1. The van der Waals surface area contributed by atoms with Gasteiger partial charge in [0, 0.05) is 12.0 Å². The van der Waals surface area contributed by atoms with E-state index in [-0.39, 0.29) is 5.41 Å². The molecule has 1 saturated heterocycles. The zero-order chi connectivity index (χ0) is 13.1. The molecule has 1 aromatic rings. The van der Waals surface area contributed by atoms with Gasteiger partial charge in [-0.25, -0.2) is 0 Å². The van der Waals surface area contributed by atoms with E-state index in [0.29, 0.717) is 0 Å². The van der Waals surface area contributed by atoms with Crippen molar-refractivity contribution in [2.75, 3.05) is 19.6 Å². The molecule has 0 bridgehead atoms. The molecule has 2 nitrogen and oxygen atoms in total. The molecule has 0 atom stereocenters. The fraction of sp³-hybridized carbons (Fsp3) is 0.647. The minimum absolute atomic E-state index is 0.284. The first-order valence-corrected chi connectivity index (χ1v) is 7.85. The minimum atomic E-state index is 0.284. The molecule has 0 spiro atoms. The van der Waals surface area contributed by atoms with E-state index in [1.807, 2.05) is 0 Å². The van der Waals surface area contributed by atoms with Gasteiger partial charge < -0.3 is 11.1 Å². The predicted octanol–water partition coefficient (Wildman–Crippen LogP) is 2.92. The van der Waals surface area contributed by atoms with Gasteiger partial charge in [0.2, 0.25) is 0 Å². The molecular weight excluding hydrogens is 232 g/mol. The van der Waals surface area contributed by atoms with Crippen LogP contribution < -0.4 is 11.1 Å². The normalized spacial score (nSPS) is 23.6. The van der Waals surface area contributed by atoms with Crippen LogP contribution in [0.4, 0.5) is 0 Å². The van der Waals surface area contributed by atoms with Crippen LogP contribution >= 0.6 is 0 Å². The van der Waals surface area contributed by atoms with E-state index in [2.05, 4.69) is 29.6 Å². The van der Waals surface area contributed by atoms with Gasteiger partial charge in [0.1, 0.15) is 0 Å². The number of hydrogen-bond acceptors (Lipinski definition) is 2. The molecule has 1 aliphatic carbocycles. The maximum atomic E-state index is 6.07. The zero-order valence-electron chi connectivity index (χ0n) is 11.8. The topological polar surface area (TPSA) is 38.0 Å². The Hall–Kier alpha value is -0.860. The summed E-state index contributed by atoms with van der Waals surface area (Å²) in [6.07, 6.45) is 7.79. The molecule has 19 heavy (non-hydrogen) atoms. The Morgan fingerprint density at radius 2 is 1.68 bits per heavy atom. The van der Waals surface area contributed by atoms with Gasteiger partial charge in [-0.3, -0.25) is 0 Å². The summed E-state index contributed by atoms with van der Waals surface area (Å²) in [5.74, 6) is 0.757. The number of rotatable bonds is 3. The molecule has 2 heteroatoms. The highest BCUT2D eigenvalue weighted by atomic mass is 14.9. The van der Waals surface area contributed by atoms with Gasteiger partial charge in [0.05, 0.1) is 0 Å². The third-order valence-electron chi connectivity index (χ3n) is 5.29. The second-order valence-corrected chi connectivity index (χ2v) is 6.34. The smallest absolute Gasteiger partial charge is 0.00755 e. The molecule has 0 radical (unpaired) electrons. The third kappa shape index (κ3) is 2.56. The van der Waals surface area contributed by atoms with Crippen LogP contribution in [0, 0.1) is 0 Å². The lowest BCUT2D eigenvalue weighted by Crippen LogP contribution is -2.32. The monoisotopic (exact) mass is 258 g/mol. The summed E-state index contributed by atoms with van der Waals surface area (Å²) in [5, 5.41) is 3.44. The van der Waals surface area contributed by atoms with Crippen molar-refractivity contribution in [3.63, 3.8) is 0 Å². The number of piperidine rings is 1. The molecule has 3 N–H and O–H groups in total. The predicted molar refractivity (Wildman–Crippen MR) is 80.5 cm³/mol. The van der Waals surface area contributed by atoms with Crippen molar-refractivity contribution in [1.29, 1.82) is 0 Å². The Morgan fingerprint density at radius 3 is 2.26 bits per heavy atom. The lowest BCUT2D eigenvalue weighted by molar-refractivity contribution is 0.449. The van der Waals surface area contributed by atoms with Crippen molar-refractivity contribution >= 4 is 0 Å². The van der Waals surface area contributed by atoms with E-state index in [1.165, 1.54) is 62.7 Å². The fourth-order valence-corrected chi connectivity index (χ4v) is 3.93. The molecule has 1 saturated carbocycles. The average Bonchev–Trinajstić information content (AvgIpc) is 2.98. The van der Waals surface area contributed by atoms with E-state index in [4.69, 9.17) is 5.73 Å². The third-order valence-corrected chi connectivity index (χ3v) is 5.29. The van der Waals surface area contributed by atoms with Gasteiger partial charge in [-0.1, -0.05) is 37.1 Å². The summed E-state index contributed by atoms with van der Waals surface area (Å²) < 4.78 is 0.